The molecule has 1 aliphatic rings. The van der Waals surface area contributed by atoms with E-state index >= 15 is 0 Å². The maximum absolute atomic E-state index is 13.0. The molecule has 1 aliphatic heterocycles. The molecule has 1 saturated heterocycles. The molecule has 1 fully saturated rings. The van der Waals surface area contributed by atoms with E-state index in [1.165, 1.54) is 17.4 Å². The number of hydrogen-bond donors (Lipinski definition) is 5. The molecule has 3 amide bonds. The van der Waals surface area contributed by atoms with E-state index in [1.807, 2.05) is 4.98 Å². The van der Waals surface area contributed by atoms with Gasteiger partial charge >= 0.3 is 5.69 Å². The number of nitrogens with zero attached hydrogens (tertiary/aromatic N) is 2. The van der Waals surface area contributed by atoms with Crippen molar-refractivity contribution < 1.29 is 14.4 Å². The molecule has 0 saturated carbocycles. The van der Waals surface area contributed by atoms with Gasteiger partial charge in [-0.25, -0.2) is 9.78 Å². The standard InChI is InChI=1S/C16H19N7O5.ClH/c17-13(25)11-2-1-3-23(11)15(27)10(4-8-6-18-7-19-8)20-14(26)9-5-12(24)22-16(28)21-9;/h5-7,10-11H,1-4H2,(H2,17,25)(H,18,19)(H,20,26)(H2,21,22,24,28);1H/t10-,11-;/m0./s1. The first kappa shape index (κ1) is 21.9. The lowest BCUT2D eigenvalue weighted by Crippen LogP contribution is -2.53. The molecule has 2 atom stereocenters. The number of H-pyrrole nitrogens is 3. The van der Waals surface area contributed by atoms with Crippen LogP contribution in [0.25, 0.3) is 0 Å². The fraction of sp³-hybridized carbons (Fsp3) is 0.375. The quantitative estimate of drug-likeness (QED) is 0.356. The van der Waals surface area contributed by atoms with Gasteiger partial charge < -0.3 is 25.9 Å². The Labute approximate surface area is 169 Å². The number of aromatic nitrogens is 4. The number of primary amides is 1. The van der Waals surface area contributed by atoms with Crippen molar-refractivity contribution >= 4 is 30.1 Å². The number of nitrogens with two attached hydrogens (primary N) is 1. The molecule has 0 bridgehead atoms. The van der Waals surface area contributed by atoms with Gasteiger partial charge in [0, 0.05) is 30.9 Å². The van der Waals surface area contributed by atoms with Crippen LogP contribution in [0, 0.1) is 0 Å². The van der Waals surface area contributed by atoms with Crippen LogP contribution in [0.3, 0.4) is 0 Å². The van der Waals surface area contributed by atoms with E-state index in [0.29, 0.717) is 25.1 Å². The predicted octanol–water partition coefficient (Wildman–Crippen LogP) is -1.97. The Balaban J connectivity index is 0.00000300. The van der Waals surface area contributed by atoms with Crippen molar-refractivity contribution in [3.05, 3.63) is 50.8 Å². The van der Waals surface area contributed by atoms with E-state index < -0.39 is 41.1 Å². The number of imidazole rings is 1. The van der Waals surface area contributed by atoms with E-state index in [2.05, 4.69) is 20.3 Å². The lowest BCUT2D eigenvalue weighted by molar-refractivity contribution is -0.138. The molecule has 156 valence electrons. The minimum atomic E-state index is -1.06. The zero-order valence-corrected chi connectivity index (χ0v) is 16.0. The molecule has 0 aromatic carbocycles. The molecular weight excluding hydrogens is 406 g/mol. The number of halogens is 1. The third-order valence-electron chi connectivity index (χ3n) is 4.45. The number of carbonyl (C=O) groups excluding carboxylic acids is 3. The Hall–Kier alpha value is -3.41. The van der Waals surface area contributed by atoms with Gasteiger partial charge in [0.25, 0.3) is 11.5 Å². The van der Waals surface area contributed by atoms with E-state index in [1.54, 1.807) is 0 Å². The highest BCUT2D eigenvalue weighted by atomic mass is 35.5. The van der Waals surface area contributed by atoms with Crippen LogP contribution in [0.1, 0.15) is 29.0 Å². The van der Waals surface area contributed by atoms with Crippen LogP contribution in [-0.2, 0) is 16.0 Å². The van der Waals surface area contributed by atoms with Crippen molar-refractivity contribution in [2.45, 2.75) is 31.3 Å². The summed E-state index contributed by atoms with van der Waals surface area (Å²) < 4.78 is 0. The molecule has 3 rings (SSSR count). The number of rotatable bonds is 6. The maximum atomic E-state index is 13.0. The molecule has 2 aromatic heterocycles. The van der Waals surface area contributed by atoms with E-state index in [-0.39, 0.29) is 24.5 Å². The van der Waals surface area contributed by atoms with Crippen LogP contribution in [0.5, 0.6) is 0 Å². The largest absolute Gasteiger partial charge is 0.368 e. The van der Waals surface area contributed by atoms with Crippen molar-refractivity contribution in [1.82, 2.24) is 30.2 Å². The van der Waals surface area contributed by atoms with E-state index in [4.69, 9.17) is 5.73 Å². The molecule has 13 heteroatoms. The van der Waals surface area contributed by atoms with Gasteiger partial charge in [0.1, 0.15) is 17.8 Å². The summed E-state index contributed by atoms with van der Waals surface area (Å²) in [6.45, 7) is 0.337. The summed E-state index contributed by atoms with van der Waals surface area (Å²) in [5.41, 5.74) is 4.07. The van der Waals surface area contributed by atoms with Gasteiger partial charge in [-0.3, -0.25) is 24.2 Å². The summed E-state index contributed by atoms with van der Waals surface area (Å²) in [7, 11) is 0. The van der Waals surface area contributed by atoms with Crippen LogP contribution in [0.15, 0.2) is 28.2 Å². The topological polar surface area (TPSA) is 187 Å². The van der Waals surface area contributed by atoms with Gasteiger partial charge in [-0.15, -0.1) is 12.4 Å². The van der Waals surface area contributed by atoms with Gasteiger partial charge in [0.15, 0.2) is 0 Å². The highest BCUT2D eigenvalue weighted by molar-refractivity contribution is 5.97. The lowest BCUT2D eigenvalue weighted by atomic mass is 10.1. The molecule has 0 aliphatic carbocycles. The van der Waals surface area contributed by atoms with Crippen LogP contribution in [0.2, 0.25) is 0 Å². The van der Waals surface area contributed by atoms with Crippen molar-refractivity contribution in [2.24, 2.45) is 5.73 Å². The normalized spacial score (nSPS) is 16.7. The number of carbonyl (C=O) groups is 3. The SMILES string of the molecule is Cl.NC(=O)[C@@H]1CCCN1C(=O)[C@H](Cc1cnc[nH]1)NC(=O)c1cc(=O)[nH]c(=O)[nH]1. The summed E-state index contributed by atoms with van der Waals surface area (Å²) >= 11 is 0. The van der Waals surface area contributed by atoms with Gasteiger partial charge in [0.2, 0.25) is 11.8 Å². The number of amides is 3. The average Bonchev–Trinajstić information content (AvgIpc) is 3.31. The fourth-order valence-electron chi connectivity index (χ4n) is 3.17. The van der Waals surface area contributed by atoms with Gasteiger partial charge in [-0.05, 0) is 12.8 Å². The molecule has 0 spiro atoms. The molecular formula is C16H20ClN7O5. The Morgan fingerprint density at radius 2 is 2.07 bits per heavy atom. The molecule has 12 nitrogen and oxygen atoms in total. The first-order valence-corrected chi connectivity index (χ1v) is 8.56. The summed E-state index contributed by atoms with van der Waals surface area (Å²) in [6.07, 6.45) is 4.06. The number of aromatic amines is 3. The Morgan fingerprint density at radius 1 is 1.31 bits per heavy atom. The third kappa shape index (κ3) is 5.10. The third-order valence-corrected chi connectivity index (χ3v) is 4.45. The van der Waals surface area contributed by atoms with Crippen molar-refractivity contribution in [2.75, 3.05) is 6.54 Å². The zero-order valence-electron chi connectivity index (χ0n) is 15.1. The zero-order chi connectivity index (χ0) is 20.3. The van der Waals surface area contributed by atoms with Gasteiger partial charge in [-0.1, -0.05) is 0 Å². The average molecular weight is 426 g/mol. The van der Waals surface area contributed by atoms with Crippen molar-refractivity contribution in [3.63, 3.8) is 0 Å². The van der Waals surface area contributed by atoms with Crippen LogP contribution < -0.4 is 22.3 Å². The summed E-state index contributed by atoms with van der Waals surface area (Å²) in [5, 5.41) is 2.51. The second-order valence-corrected chi connectivity index (χ2v) is 6.40. The second-order valence-electron chi connectivity index (χ2n) is 6.40. The van der Waals surface area contributed by atoms with Crippen LogP contribution in [-0.4, -0.2) is 61.2 Å². The summed E-state index contributed by atoms with van der Waals surface area (Å²) in [6, 6.07) is -0.889. The first-order chi connectivity index (χ1) is 13.3. The highest BCUT2D eigenvalue weighted by Crippen LogP contribution is 2.19. The van der Waals surface area contributed by atoms with Crippen LogP contribution >= 0.6 is 12.4 Å². The molecule has 3 heterocycles. The van der Waals surface area contributed by atoms with E-state index in [9.17, 15) is 24.0 Å². The van der Waals surface area contributed by atoms with Crippen molar-refractivity contribution in [3.8, 4) is 0 Å². The molecule has 2 aromatic rings. The second kappa shape index (κ2) is 9.19. The number of likely N-dealkylation sites (tertiary alicyclic amines) is 1. The van der Waals surface area contributed by atoms with Crippen molar-refractivity contribution in [1.29, 1.82) is 0 Å². The summed E-state index contributed by atoms with van der Waals surface area (Å²) in [5.74, 6) is -1.91. The number of hydrogen-bond acceptors (Lipinski definition) is 6. The lowest BCUT2D eigenvalue weighted by Gasteiger charge is -2.27. The predicted molar refractivity (Wildman–Crippen MR) is 102 cm³/mol. The van der Waals surface area contributed by atoms with Crippen LogP contribution in [0.4, 0.5) is 0 Å². The minimum absolute atomic E-state index is 0. The Morgan fingerprint density at radius 3 is 2.69 bits per heavy atom. The Bertz CT molecular complexity index is 971. The molecule has 6 N–H and O–H groups in total. The van der Waals surface area contributed by atoms with E-state index in [0.717, 1.165) is 6.07 Å². The highest BCUT2D eigenvalue weighted by Gasteiger charge is 2.37. The van der Waals surface area contributed by atoms with Gasteiger partial charge in [0.05, 0.1) is 6.33 Å². The fourth-order valence-corrected chi connectivity index (χ4v) is 3.17. The molecule has 0 radical (unpaired) electrons. The van der Waals surface area contributed by atoms with Gasteiger partial charge in [-0.2, -0.15) is 0 Å². The minimum Gasteiger partial charge on any atom is -0.368 e. The number of nitrogens with one attached hydrogen (secondary N) is 4. The summed E-state index contributed by atoms with van der Waals surface area (Å²) in [4.78, 5) is 72.2. The molecule has 29 heavy (non-hydrogen) atoms. The molecule has 0 unspecified atom stereocenters. The monoisotopic (exact) mass is 425 g/mol. The maximum Gasteiger partial charge on any atom is 0.326 e. The first-order valence-electron chi connectivity index (χ1n) is 8.56. The Kier molecular flexibility index (Phi) is 6.93. The smallest absolute Gasteiger partial charge is 0.326 e.